The van der Waals surface area contributed by atoms with E-state index in [1.165, 1.54) is 24.3 Å². The minimum atomic E-state index is 0.703. The lowest BCUT2D eigenvalue weighted by Crippen LogP contribution is -2.24. The van der Waals surface area contributed by atoms with Gasteiger partial charge in [0.2, 0.25) is 0 Å². The van der Waals surface area contributed by atoms with Crippen molar-refractivity contribution in [2.24, 2.45) is 11.8 Å². The summed E-state index contributed by atoms with van der Waals surface area (Å²) >= 11 is 1.55. The predicted molar refractivity (Wildman–Crippen MR) is 75.7 cm³/mol. The molecule has 1 aromatic rings. The minimum absolute atomic E-state index is 0.703. The molecule has 1 aliphatic heterocycles. The lowest BCUT2D eigenvalue weighted by atomic mass is 9.89. The quantitative estimate of drug-likeness (QED) is 0.879. The maximum Gasteiger partial charge on any atom is 0.142 e. The zero-order chi connectivity index (χ0) is 12.4. The van der Waals surface area contributed by atoms with Crippen LogP contribution in [0.25, 0.3) is 0 Å². The summed E-state index contributed by atoms with van der Waals surface area (Å²) in [5, 5.41) is 1.28. The van der Waals surface area contributed by atoms with Gasteiger partial charge in [0.15, 0.2) is 0 Å². The van der Waals surface area contributed by atoms with Crippen molar-refractivity contribution in [1.29, 1.82) is 0 Å². The van der Waals surface area contributed by atoms with Gasteiger partial charge in [-0.25, -0.2) is 0 Å². The van der Waals surface area contributed by atoms with Crippen molar-refractivity contribution in [2.75, 3.05) is 23.7 Å². The van der Waals surface area contributed by atoms with Crippen LogP contribution in [0.2, 0.25) is 0 Å². The largest absolute Gasteiger partial charge is 0.383 e. The van der Waals surface area contributed by atoms with Gasteiger partial charge < -0.3 is 10.6 Å². The van der Waals surface area contributed by atoms with Crippen LogP contribution in [0.1, 0.15) is 38.7 Å². The third-order valence-electron chi connectivity index (χ3n) is 3.94. The van der Waals surface area contributed by atoms with Crippen molar-refractivity contribution >= 4 is 22.4 Å². The summed E-state index contributed by atoms with van der Waals surface area (Å²) in [6.07, 6.45) is 3.95. The van der Waals surface area contributed by atoms with Crippen LogP contribution in [-0.4, -0.2) is 17.5 Å². The lowest BCUT2D eigenvalue weighted by Gasteiger charge is -2.22. The van der Waals surface area contributed by atoms with E-state index < -0.39 is 0 Å². The highest BCUT2D eigenvalue weighted by molar-refractivity contribution is 7.10. The Kier molecular flexibility index (Phi) is 3.92. The van der Waals surface area contributed by atoms with Crippen LogP contribution in [0.5, 0.6) is 0 Å². The first-order valence-electron chi connectivity index (χ1n) is 6.56. The summed E-state index contributed by atoms with van der Waals surface area (Å²) in [6.45, 7) is 9.09. The van der Waals surface area contributed by atoms with Crippen LogP contribution in [0.15, 0.2) is 0 Å². The standard InChI is InChI=1S/C13H23N3S/c1-9(2)11-5-4-7-16(8-6-11)13-10(3)12(14)15-17-13/h9,11H,4-8H2,1-3H3,(H2,14,15). The number of aromatic nitrogens is 1. The third kappa shape index (κ3) is 2.73. The van der Waals surface area contributed by atoms with Crippen LogP contribution in [0, 0.1) is 18.8 Å². The number of nitrogens with two attached hydrogens (primary N) is 1. The Labute approximate surface area is 108 Å². The maximum atomic E-state index is 5.83. The first-order chi connectivity index (χ1) is 8.09. The fourth-order valence-corrected chi connectivity index (χ4v) is 3.49. The molecular weight excluding hydrogens is 230 g/mol. The number of hydrogen-bond acceptors (Lipinski definition) is 4. The number of rotatable bonds is 2. The molecule has 2 rings (SSSR count). The molecule has 3 nitrogen and oxygen atoms in total. The van der Waals surface area contributed by atoms with E-state index in [1.807, 2.05) is 0 Å². The molecular formula is C13H23N3S. The van der Waals surface area contributed by atoms with Crippen molar-refractivity contribution < 1.29 is 0 Å². The van der Waals surface area contributed by atoms with E-state index in [0.29, 0.717) is 5.82 Å². The zero-order valence-electron chi connectivity index (χ0n) is 11.1. The van der Waals surface area contributed by atoms with Gasteiger partial charge in [-0.1, -0.05) is 13.8 Å². The van der Waals surface area contributed by atoms with Gasteiger partial charge in [-0.05, 0) is 49.6 Å². The van der Waals surface area contributed by atoms with E-state index in [0.717, 1.165) is 30.5 Å². The normalized spacial score (nSPS) is 21.9. The van der Waals surface area contributed by atoms with Crippen LogP contribution in [0.4, 0.5) is 10.8 Å². The Morgan fingerprint density at radius 3 is 2.71 bits per heavy atom. The van der Waals surface area contributed by atoms with Gasteiger partial charge in [0, 0.05) is 18.7 Å². The van der Waals surface area contributed by atoms with E-state index in [2.05, 4.69) is 30.0 Å². The van der Waals surface area contributed by atoms with Gasteiger partial charge in [-0.15, -0.1) is 0 Å². The molecule has 2 N–H and O–H groups in total. The SMILES string of the molecule is Cc1c(N)nsc1N1CCCC(C(C)C)CC1. The van der Waals surface area contributed by atoms with Crippen molar-refractivity contribution in [2.45, 2.75) is 40.0 Å². The summed E-state index contributed by atoms with van der Waals surface area (Å²) in [5.74, 6) is 2.39. The highest BCUT2D eigenvalue weighted by atomic mass is 32.1. The number of nitrogen functional groups attached to an aromatic ring is 1. The molecule has 0 aromatic carbocycles. The summed E-state index contributed by atoms with van der Waals surface area (Å²) in [5.41, 5.74) is 7.00. The second kappa shape index (κ2) is 5.25. The molecule has 1 fully saturated rings. The van der Waals surface area contributed by atoms with E-state index in [9.17, 15) is 0 Å². The second-order valence-electron chi connectivity index (χ2n) is 5.42. The van der Waals surface area contributed by atoms with Gasteiger partial charge >= 0.3 is 0 Å². The molecule has 0 bridgehead atoms. The Morgan fingerprint density at radius 1 is 1.35 bits per heavy atom. The fraction of sp³-hybridized carbons (Fsp3) is 0.769. The molecule has 0 saturated carbocycles. The Morgan fingerprint density at radius 2 is 2.12 bits per heavy atom. The number of nitrogens with zero attached hydrogens (tertiary/aromatic N) is 2. The van der Waals surface area contributed by atoms with Gasteiger partial charge in [-0.2, -0.15) is 4.37 Å². The summed E-state index contributed by atoms with van der Waals surface area (Å²) in [7, 11) is 0. The van der Waals surface area contributed by atoms with Gasteiger partial charge in [0.1, 0.15) is 10.8 Å². The third-order valence-corrected chi connectivity index (χ3v) is 4.96. The molecule has 1 saturated heterocycles. The first kappa shape index (κ1) is 12.7. The molecule has 96 valence electrons. The smallest absolute Gasteiger partial charge is 0.142 e. The van der Waals surface area contributed by atoms with Gasteiger partial charge in [0.05, 0.1) is 0 Å². The Balaban J connectivity index is 2.06. The summed E-state index contributed by atoms with van der Waals surface area (Å²) in [6, 6.07) is 0. The fourth-order valence-electron chi connectivity index (χ4n) is 2.63. The molecule has 0 amide bonds. The molecule has 1 unspecified atom stereocenters. The molecule has 0 spiro atoms. The van der Waals surface area contributed by atoms with E-state index >= 15 is 0 Å². The van der Waals surface area contributed by atoms with Gasteiger partial charge in [-0.3, -0.25) is 0 Å². The monoisotopic (exact) mass is 253 g/mol. The first-order valence-corrected chi connectivity index (χ1v) is 7.33. The summed E-state index contributed by atoms with van der Waals surface area (Å²) < 4.78 is 4.25. The minimum Gasteiger partial charge on any atom is -0.383 e. The number of hydrogen-bond donors (Lipinski definition) is 1. The lowest BCUT2D eigenvalue weighted by molar-refractivity contribution is 0.351. The topological polar surface area (TPSA) is 42.1 Å². The van der Waals surface area contributed by atoms with Crippen LogP contribution in [0.3, 0.4) is 0 Å². The molecule has 2 heterocycles. The molecule has 0 aliphatic carbocycles. The molecule has 0 radical (unpaired) electrons. The average Bonchev–Trinajstić information content (AvgIpc) is 2.55. The Bertz CT molecular complexity index is 373. The second-order valence-corrected chi connectivity index (χ2v) is 6.17. The van der Waals surface area contributed by atoms with Crippen LogP contribution >= 0.6 is 11.5 Å². The Hall–Kier alpha value is -0.770. The van der Waals surface area contributed by atoms with Crippen molar-refractivity contribution in [3.8, 4) is 0 Å². The average molecular weight is 253 g/mol. The van der Waals surface area contributed by atoms with Gasteiger partial charge in [0.25, 0.3) is 0 Å². The molecule has 1 aliphatic rings. The maximum absolute atomic E-state index is 5.83. The molecule has 1 aromatic heterocycles. The van der Waals surface area contributed by atoms with Crippen molar-refractivity contribution in [3.05, 3.63) is 5.56 Å². The molecule has 17 heavy (non-hydrogen) atoms. The molecule has 1 atom stereocenters. The highest BCUT2D eigenvalue weighted by Crippen LogP contribution is 2.33. The zero-order valence-corrected chi connectivity index (χ0v) is 11.9. The molecule has 4 heteroatoms. The van der Waals surface area contributed by atoms with Crippen LogP contribution < -0.4 is 10.6 Å². The van der Waals surface area contributed by atoms with E-state index in [4.69, 9.17) is 5.73 Å². The van der Waals surface area contributed by atoms with E-state index in [-0.39, 0.29) is 0 Å². The van der Waals surface area contributed by atoms with E-state index in [1.54, 1.807) is 11.5 Å². The van der Waals surface area contributed by atoms with Crippen molar-refractivity contribution in [3.63, 3.8) is 0 Å². The number of anilines is 2. The highest BCUT2D eigenvalue weighted by Gasteiger charge is 2.22. The van der Waals surface area contributed by atoms with Crippen LogP contribution in [-0.2, 0) is 0 Å². The predicted octanol–water partition coefficient (Wildman–Crippen LogP) is 3.30. The van der Waals surface area contributed by atoms with Crippen molar-refractivity contribution in [1.82, 2.24) is 4.37 Å². The summed E-state index contributed by atoms with van der Waals surface area (Å²) in [4.78, 5) is 2.48.